The number of Topliss-reactive ketones (excluding diaryl/α,β-unsaturated/α-hetero) is 1. The number of hydrogen-bond acceptors (Lipinski definition) is 1. The van der Waals surface area contributed by atoms with Crippen molar-refractivity contribution in [2.45, 2.75) is 66.2 Å². The van der Waals surface area contributed by atoms with Crippen LogP contribution in [0.5, 0.6) is 0 Å². The van der Waals surface area contributed by atoms with Crippen LogP contribution in [0.25, 0.3) is 0 Å². The molecular weight excluding hydrogens is 172 g/mol. The van der Waals surface area contributed by atoms with Gasteiger partial charge >= 0.3 is 0 Å². The smallest absolute Gasteiger partial charge is 0.130 e. The zero-order valence-corrected chi connectivity index (χ0v) is 10.3. The SMILES string of the molecule is CCC(CC)CCCC(C)CC(C)=O. The highest BCUT2D eigenvalue weighted by Gasteiger charge is 2.07. The van der Waals surface area contributed by atoms with Crippen molar-refractivity contribution < 1.29 is 4.79 Å². The quantitative estimate of drug-likeness (QED) is 0.571. The maximum Gasteiger partial charge on any atom is 0.130 e. The zero-order chi connectivity index (χ0) is 11.0. The van der Waals surface area contributed by atoms with Crippen LogP contribution < -0.4 is 0 Å². The molecule has 0 heterocycles. The van der Waals surface area contributed by atoms with Gasteiger partial charge in [-0.3, -0.25) is 0 Å². The molecule has 1 atom stereocenters. The van der Waals surface area contributed by atoms with Gasteiger partial charge in [-0.1, -0.05) is 52.9 Å². The first-order chi connectivity index (χ1) is 6.60. The monoisotopic (exact) mass is 198 g/mol. The summed E-state index contributed by atoms with van der Waals surface area (Å²) in [4.78, 5) is 10.9. The van der Waals surface area contributed by atoms with Gasteiger partial charge in [-0.25, -0.2) is 0 Å². The minimum Gasteiger partial charge on any atom is -0.300 e. The maximum atomic E-state index is 10.9. The minimum atomic E-state index is 0.333. The van der Waals surface area contributed by atoms with E-state index in [1.165, 1.54) is 32.1 Å². The Labute approximate surface area is 89.3 Å². The first-order valence-electron chi connectivity index (χ1n) is 6.09. The summed E-state index contributed by atoms with van der Waals surface area (Å²) in [6, 6.07) is 0. The fourth-order valence-electron chi connectivity index (χ4n) is 2.04. The lowest BCUT2D eigenvalue weighted by Crippen LogP contribution is -2.03. The summed E-state index contributed by atoms with van der Waals surface area (Å²) in [6.45, 7) is 8.42. The maximum absolute atomic E-state index is 10.9. The molecule has 0 saturated heterocycles. The number of hydrogen-bond donors (Lipinski definition) is 0. The van der Waals surface area contributed by atoms with E-state index in [0.29, 0.717) is 11.7 Å². The molecule has 0 fully saturated rings. The molecule has 0 radical (unpaired) electrons. The molecule has 0 rings (SSSR count). The Hall–Kier alpha value is -0.330. The van der Waals surface area contributed by atoms with Crippen LogP contribution in [0.1, 0.15) is 66.2 Å². The van der Waals surface area contributed by atoms with E-state index < -0.39 is 0 Å². The Balaban J connectivity index is 3.47. The Morgan fingerprint density at radius 3 is 2.14 bits per heavy atom. The molecule has 0 aliphatic heterocycles. The van der Waals surface area contributed by atoms with Gasteiger partial charge in [-0.05, 0) is 18.8 Å². The lowest BCUT2D eigenvalue weighted by molar-refractivity contribution is -0.117. The normalized spacial score (nSPS) is 13.2. The van der Waals surface area contributed by atoms with Crippen LogP contribution in [0.4, 0.5) is 0 Å². The Kier molecular flexibility index (Phi) is 7.83. The standard InChI is InChI=1S/C13H26O/c1-5-13(6-2)9-7-8-11(3)10-12(4)14/h11,13H,5-10H2,1-4H3. The molecule has 0 aliphatic carbocycles. The Bertz CT molecular complexity index is 147. The highest BCUT2D eigenvalue weighted by atomic mass is 16.1. The second kappa shape index (κ2) is 8.02. The minimum absolute atomic E-state index is 0.333. The molecule has 0 amide bonds. The van der Waals surface area contributed by atoms with Crippen LogP contribution in [0.2, 0.25) is 0 Å². The fraction of sp³-hybridized carbons (Fsp3) is 0.923. The first-order valence-corrected chi connectivity index (χ1v) is 6.09. The molecule has 0 aromatic heterocycles. The lowest BCUT2D eigenvalue weighted by atomic mass is 9.92. The Morgan fingerprint density at radius 1 is 1.14 bits per heavy atom. The van der Waals surface area contributed by atoms with Crippen LogP contribution in [0.3, 0.4) is 0 Å². The van der Waals surface area contributed by atoms with Crippen molar-refractivity contribution in [2.75, 3.05) is 0 Å². The van der Waals surface area contributed by atoms with Crippen LogP contribution in [-0.4, -0.2) is 5.78 Å². The van der Waals surface area contributed by atoms with Crippen molar-refractivity contribution in [2.24, 2.45) is 11.8 Å². The first kappa shape index (κ1) is 13.7. The molecule has 1 nitrogen and oxygen atoms in total. The number of rotatable bonds is 8. The summed E-state index contributed by atoms with van der Waals surface area (Å²) in [5, 5.41) is 0. The van der Waals surface area contributed by atoms with E-state index in [-0.39, 0.29) is 0 Å². The lowest BCUT2D eigenvalue weighted by Gasteiger charge is -2.13. The number of carbonyl (C=O) groups excluding carboxylic acids is 1. The summed E-state index contributed by atoms with van der Waals surface area (Å²) in [5.74, 6) is 1.82. The van der Waals surface area contributed by atoms with Gasteiger partial charge < -0.3 is 4.79 Å². The molecule has 84 valence electrons. The summed E-state index contributed by atoms with van der Waals surface area (Å²) in [5.41, 5.74) is 0. The molecule has 14 heavy (non-hydrogen) atoms. The van der Waals surface area contributed by atoms with Crippen LogP contribution in [0, 0.1) is 11.8 Å². The average molecular weight is 198 g/mol. The largest absolute Gasteiger partial charge is 0.300 e. The predicted octanol–water partition coefficient (Wildman–Crippen LogP) is 4.21. The van der Waals surface area contributed by atoms with Crippen molar-refractivity contribution in [3.8, 4) is 0 Å². The van der Waals surface area contributed by atoms with E-state index in [0.717, 1.165) is 12.3 Å². The average Bonchev–Trinajstić information content (AvgIpc) is 2.11. The third-order valence-electron chi connectivity index (χ3n) is 3.10. The van der Waals surface area contributed by atoms with Gasteiger partial charge in [0.1, 0.15) is 5.78 Å². The van der Waals surface area contributed by atoms with Crippen molar-refractivity contribution >= 4 is 5.78 Å². The molecule has 1 heteroatoms. The predicted molar refractivity (Wildman–Crippen MR) is 62.4 cm³/mol. The van der Waals surface area contributed by atoms with E-state index in [1.54, 1.807) is 6.92 Å². The van der Waals surface area contributed by atoms with E-state index in [4.69, 9.17) is 0 Å². The topological polar surface area (TPSA) is 17.1 Å². The highest BCUT2D eigenvalue weighted by Crippen LogP contribution is 2.19. The third kappa shape index (κ3) is 7.11. The molecule has 0 N–H and O–H groups in total. The second-order valence-electron chi connectivity index (χ2n) is 4.62. The van der Waals surface area contributed by atoms with Crippen LogP contribution in [0.15, 0.2) is 0 Å². The van der Waals surface area contributed by atoms with Gasteiger partial charge in [0.25, 0.3) is 0 Å². The molecule has 0 aromatic carbocycles. The van der Waals surface area contributed by atoms with Crippen molar-refractivity contribution in [3.63, 3.8) is 0 Å². The van der Waals surface area contributed by atoms with Gasteiger partial charge in [0, 0.05) is 6.42 Å². The van der Waals surface area contributed by atoms with Crippen LogP contribution >= 0.6 is 0 Å². The van der Waals surface area contributed by atoms with Crippen molar-refractivity contribution in [1.29, 1.82) is 0 Å². The van der Waals surface area contributed by atoms with Gasteiger partial charge in [0.05, 0.1) is 0 Å². The van der Waals surface area contributed by atoms with Crippen molar-refractivity contribution in [1.82, 2.24) is 0 Å². The van der Waals surface area contributed by atoms with Gasteiger partial charge in [0.2, 0.25) is 0 Å². The highest BCUT2D eigenvalue weighted by molar-refractivity contribution is 5.75. The van der Waals surface area contributed by atoms with Crippen LogP contribution in [-0.2, 0) is 4.79 Å². The van der Waals surface area contributed by atoms with Gasteiger partial charge in [-0.2, -0.15) is 0 Å². The molecule has 0 saturated carbocycles. The summed E-state index contributed by atoms with van der Waals surface area (Å²) in [7, 11) is 0. The third-order valence-corrected chi connectivity index (χ3v) is 3.10. The van der Waals surface area contributed by atoms with Gasteiger partial charge in [-0.15, -0.1) is 0 Å². The molecule has 1 unspecified atom stereocenters. The molecule has 0 bridgehead atoms. The molecule has 0 aromatic rings. The molecule has 0 spiro atoms. The van der Waals surface area contributed by atoms with Crippen molar-refractivity contribution in [3.05, 3.63) is 0 Å². The number of ketones is 1. The summed E-state index contributed by atoms with van der Waals surface area (Å²) >= 11 is 0. The van der Waals surface area contributed by atoms with Gasteiger partial charge in [0.15, 0.2) is 0 Å². The summed E-state index contributed by atoms with van der Waals surface area (Å²) in [6.07, 6.45) is 7.23. The van der Waals surface area contributed by atoms with E-state index in [9.17, 15) is 4.79 Å². The fourth-order valence-corrected chi connectivity index (χ4v) is 2.04. The second-order valence-corrected chi connectivity index (χ2v) is 4.62. The Morgan fingerprint density at radius 2 is 1.71 bits per heavy atom. The molecular formula is C13H26O. The zero-order valence-electron chi connectivity index (χ0n) is 10.3. The van der Waals surface area contributed by atoms with E-state index in [1.807, 2.05) is 0 Å². The molecule has 0 aliphatic rings. The van der Waals surface area contributed by atoms with E-state index >= 15 is 0 Å². The van der Waals surface area contributed by atoms with E-state index in [2.05, 4.69) is 20.8 Å². The number of carbonyl (C=O) groups is 1. The summed E-state index contributed by atoms with van der Waals surface area (Å²) < 4.78 is 0.